The molecule has 142 valence electrons. The molecule has 0 aliphatic carbocycles. The Balaban J connectivity index is 1.79. The maximum absolute atomic E-state index is 5.60. The van der Waals surface area contributed by atoms with Gasteiger partial charge in [-0.25, -0.2) is 0 Å². The van der Waals surface area contributed by atoms with E-state index in [9.17, 15) is 0 Å². The summed E-state index contributed by atoms with van der Waals surface area (Å²) in [6.07, 6.45) is 3.71. The molecule has 2 rings (SSSR count). The third-order valence-electron chi connectivity index (χ3n) is 3.92. The van der Waals surface area contributed by atoms with Crippen molar-refractivity contribution >= 4 is 16.9 Å². The minimum absolute atomic E-state index is 0.584. The van der Waals surface area contributed by atoms with E-state index in [1.807, 2.05) is 12.3 Å². The van der Waals surface area contributed by atoms with Crippen LogP contribution in [0.5, 0.6) is 0 Å². The Bertz CT molecular complexity index is 679. The van der Waals surface area contributed by atoms with Crippen LogP contribution in [0.2, 0.25) is 0 Å². The van der Waals surface area contributed by atoms with E-state index >= 15 is 0 Å². The molecule has 2 N–H and O–H groups in total. The highest BCUT2D eigenvalue weighted by Crippen LogP contribution is 2.15. The molecule has 0 amide bonds. The van der Waals surface area contributed by atoms with Gasteiger partial charge in [0.15, 0.2) is 5.96 Å². The zero-order chi connectivity index (χ0) is 18.6. The van der Waals surface area contributed by atoms with E-state index in [1.54, 1.807) is 0 Å². The van der Waals surface area contributed by atoms with Crippen molar-refractivity contribution in [3.05, 3.63) is 42.1 Å². The minimum atomic E-state index is 0.584. The molecular formula is C21H32N4O. The van der Waals surface area contributed by atoms with E-state index in [2.05, 4.69) is 65.6 Å². The van der Waals surface area contributed by atoms with Crippen molar-refractivity contribution in [2.24, 2.45) is 10.9 Å². The molecule has 0 radical (unpaired) electrons. The molecule has 0 saturated carbocycles. The van der Waals surface area contributed by atoms with Gasteiger partial charge in [0.1, 0.15) is 0 Å². The minimum Gasteiger partial charge on any atom is -0.381 e. The van der Waals surface area contributed by atoms with E-state index in [1.165, 1.54) is 10.9 Å². The lowest BCUT2D eigenvalue weighted by Gasteiger charge is -2.12. The van der Waals surface area contributed by atoms with Crippen molar-refractivity contribution in [1.82, 2.24) is 15.6 Å². The Morgan fingerprint density at radius 2 is 2.04 bits per heavy atom. The van der Waals surface area contributed by atoms with E-state index in [-0.39, 0.29) is 0 Å². The van der Waals surface area contributed by atoms with Crippen LogP contribution in [0.25, 0.3) is 10.9 Å². The van der Waals surface area contributed by atoms with Gasteiger partial charge in [-0.15, -0.1) is 0 Å². The number of nitrogens with zero attached hydrogens (tertiary/aromatic N) is 2. The summed E-state index contributed by atoms with van der Waals surface area (Å²) in [4.78, 5) is 9.14. The number of fused-ring (bicyclic) bond motifs is 1. The summed E-state index contributed by atoms with van der Waals surface area (Å²) < 4.78 is 5.60. The van der Waals surface area contributed by atoms with Crippen molar-refractivity contribution in [2.45, 2.75) is 33.6 Å². The maximum atomic E-state index is 5.60. The number of para-hydroxylation sites is 1. The lowest BCUT2D eigenvalue weighted by Crippen LogP contribution is -2.38. The van der Waals surface area contributed by atoms with Gasteiger partial charge in [0.2, 0.25) is 0 Å². The maximum Gasteiger partial charge on any atom is 0.191 e. The molecular weight excluding hydrogens is 324 g/mol. The molecule has 0 aliphatic heterocycles. The number of aromatic nitrogens is 1. The zero-order valence-corrected chi connectivity index (χ0v) is 16.3. The summed E-state index contributed by atoms with van der Waals surface area (Å²) in [5, 5.41) is 7.90. The first-order chi connectivity index (χ1) is 12.7. The molecule has 0 unspecified atom stereocenters. The highest BCUT2D eigenvalue weighted by molar-refractivity contribution is 5.82. The van der Waals surface area contributed by atoms with Crippen LogP contribution in [-0.4, -0.2) is 43.8 Å². The lowest BCUT2D eigenvalue weighted by molar-refractivity contribution is 0.109. The molecule has 1 heterocycles. The number of hydrogen-bond acceptors (Lipinski definition) is 3. The first kappa shape index (κ1) is 20.2. The second-order valence-electron chi connectivity index (χ2n) is 6.75. The molecule has 0 aliphatic rings. The highest BCUT2D eigenvalue weighted by atomic mass is 16.5. The summed E-state index contributed by atoms with van der Waals surface area (Å²) in [5.41, 5.74) is 2.34. The molecule has 0 spiro atoms. The number of guanidine groups is 1. The van der Waals surface area contributed by atoms with Crippen molar-refractivity contribution in [1.29, 1.82) is 0 Å². The number of ether oxygens (including phenoxy) is 1. The van der Waals surface area contributed by atoms with Crippen LogP contribution >= 0.6 is 0 Å². The van der Waals surface area contributed by atoms with Crippen LogP contribution in [0.3, 0.4) is 0 Å². The third kappa shape index (κ3) is 7.00. The van der Waals surface area contributed by atoms with Crippen molar-refractivity contribution in [3.63, 3.8) is 0 Å². The Morgan fingerprint density at radius 1 is 1.19 bits per heavy atom. The second-order valence-corrected chi connectivity index (χ2v) is 6.75. The molecule has 5 nitrogen and oxygen atoms in total. The average molecular weight is 357 g/mol. The molecule has 2 aromatic rings. The van der Waals surface area contributed by atoms with Gasteiger partial charge < -0.3 is 15.4 Å². The number of pyridine rings is 1. The smallest absolute Gasteiger partial charge is 0.191 e. The predicted octanol–water partition coefficient (Wildman–Crippen LogP) is 3.40. The monoisotopic (exact) mass is 356 g/mol. The van der Waals surface area contributed by atoms with Crippen LogP contribution in [0.4, 0.5) is 0 Å². The molecule has 0 fully saturated rings. The molecule has 5 heteroatoms. The van der Waals surface area contributed by atoms with Crippen LogP contribution in [0.15, 0.2) is 41.5 Å². The number of aliphatic imine (C=N–C) groups is 1. The standard InChI is InChI=1S/C21H32N4O/c1-4-22-21(24-13-7-15-26-16-17(2)3)25-14-11-19-9-5-8-18-10-6-12-23-20(18)19/h5-6,8-10,12,17H,4,7,11,13-16H2,1-3H3,(H2,22,24,25). The second kappa shape index (κ2) is 11.5. The van der Waals surface area contributed by atoms with E-state index < -0.39 is 0 Å². The molecule has 0 bridgehead atoms. The van der Waals surface area contributed by atoms with Crippen LogP contribution in [0.1, 0.15) is 32.8 Å². The SMILES string of the molecule is CCNC(=NCCCOCC(C)C)NCCc1cccc2cccnc12. The van der Waals surface area contributed by atoms with Gasteiger partial charge >= 0.3 is 0 Å². The Kier molecular flexibility index (Phi) is 8.90. The highest BCUT2D eigenvalue weighted by Gasteiger charge is 2.03. The number of rotatable bonds is 10. The van der Waals surface area contributed by atoms with Gasteiger partial charge in [0, 0.05) is 44.4 Å². The zero-order valence-electron chi connectivity index (χ0n) is 16.3. The fourth-order valence-corrected chi connectivity index (χ4v) is 2.70. The first-order valence-corrected chi connectivity index (χ1v) is 9.63. The molecule has 0 saturated heterocycles. The molecule has 26 heavy (non-hydrogen) atoms. The summed E-state index contributed by atoms with van der Waals surface area (Å²) in [6, 6.07) is 10.4. The Hall–Kier alpha value is -2.14. The summed E-state index contributed by atoms with van der Waals surface area (Å²) in [7, 11) is 0. The van der Waals surface area contributed by atoms with Gasteiger partial charge in [0.25, 0.3) is 0 Å². The quantitative estimate of drug-likeness (QED) is 0.389. The summed E-state index contributed by atoms with van der Waals surface area (Å²) in [5.74, 6) is 1.45. The van der Waals surface area contributed by atoms with Crippen LogP contribution in [0, 0.1) is 5.92 Å². The Morgan fingerprint density at radius 3 is 2.85 bits per heavy atom. The molecule has 0 atom stereocenters. The normalized spacial score (nSPS) is 11.9. The van der Waals surface area contributed by atoms with Crippen LogP contribution < -0.4 is 10.6 Å². The fraction of sp³-hybridized carbons (Fsp3) is 0.524. The molecule has 1 aromatic heterocycles. The van der Waals surface area contributed by atoms with Crippen LogP contribution in [-0.2, 0) is 11.2 Å². The first-order valence-electron chi connectivity index (χ1n) is 9.63. The average Bonchev–Trinajstić information content (AvgIpc) is 2.64. The van der Waals surface area contributed by atoms with Crippen molar-refractivity contribution in [2.75, 3.05) is 32.8 Å². The lowest BCUT2D eigenvalue weighted by atomic mass is 10.1. The predicted molar refractivity (Wildman–Crippen MR) is 110 cm³/mol. The summed E-state index contributed by atoms with van der Waals surface area (Å²) in [6.45, 7) is 10.4. The summed E-state index contributed by atoms with van der Waals surface area (Å²) >= 11 is 0. The fourth-order valence-electron chi connectivity index (χ4n) is 2.70. The third-order valence-corrected chi connectivity index (χ3v) is 3.92. The van der Waals surface area contributed by atoms with Crippen molar-refractivity contribution in [3.8, 4) is 0 Å². The number of hydrogen-bond donors (Lipinski definition) is 2. The molecule has 1 aromatic carbocycles. The number of benzene rings is 1. The van der Waals surface area contributed by atoms with E-state index in [0.717, 1.165) is 57.2 Å². The van der Waals surface area contributed by atoms with Gasteiger partial charge in [-0.05, 0) is 37.3 Å². The van der Waals surface area contributed by atoms with Gasteiger partial charge in [-0.1, -0.05) is 38.1 Å². The van der Waals surface area contributed by atoms with E-state index in [0.29, 0.717) is 5.92 Å². The largest absolute Gasteiger partial charge is 0.381 e. The number of nitrogens with one attached hydrogen (secondary N) is 2. The topological polar surface area (TPSA) is 58.5 Å². The van der Waals surface area contributed by atoms with E-state index in [4.69, 9.17) is 4.74 Å². The Labute approximate surface area is 157 Å². The van der Waals surface area contributed by atoms with Crippen molar-refractivity contribution < 1.29 is 4.74 Å². The van der Waals surface area contributed by atoms with Gasteiger partial charge in [-0.2, -0.15) is 0 Å². The van der Waals surface area contributed by atoms with Gasteiger partial charge in [-0.3, -0.25) is 9.98 Å². The van der Waals surface area contributed by atoms with Gasteiger partial charge in [0.05, 0.1) is 5.52 Å².